The van der Waals surface area contributed by atoms with Crippen LogP contribution in [0, 0.1) is 13.8 Å². The van der Waals surface area contributed by atoms with Crippen LogP contribution in [-0.4, -0.2) is 74.0 Å². The molecule has 1 amide bonds. The summed E-state index contributed by atoms with van der Waals surface area (Å²) in [6.07, 6.45) is 3.70. The van der Waals surface area contributed by atoms with Gasteiger partial charge < -0.3 is 18.9 Å². The van der Waals surface area contributed by atoms with Crippen molar-refractivity contribution < 1.29 is 22.7 Å². The molecule has 1 aromatic heterocycles. The summed E-state index contributed by atoms with van der Waals surface area (Å²) < 4.78 is 40.0. The summed E-state index contributed by atoms with van der Waals surface area (Å²) in [6, 6.07) is 11.3. The van der Waals surface area contributed by atoms with Gasteiger partial charge in [-0.15, -0.1) is 0 Å². The Morgan fingerprint density at radius 3 is 2.28 bits per heavy atom. The van der Waals surface area contributed by atoms with Gasteiger partial charge in [-0.05, 0) is 42.7 Å². The van der Waals surface area contributed by atoms with E-state index >= 15 is 0 Å². The molecule has 0 bridgehead atoms. The number of benzene rings is 2. The summed E-state index contributed by atoms with van der Waals surface area (Å²) in [6.45, 7) is 4.02. The lowest BCUT2D eigenvalue weighted by Gasteiger charge is -2.21. The van der Waals surface area contributed by atoms with Crippen LogP contribution in [0.2, 0.25) is 0 Å². The van der Waals surface area contributed by atoms with E-state index in [4.69, 9.17) is 9.47 Å². The maximum Gasteiger partial charge on any atom is 0.248 e. The monoisotopic (exact) mass is 514 g/mol. The molecule has 3 aromatic rings. The molecular formula is C26H34N4O5S. The highest BCUT2D eigenvalue weighted by molar-refractivity contribution is 7.89. The SMILES string of the molecule is COc1cc(C)c(S(=O)(=O)N(C)CCOCC(=O)N(C)Cc2ccc(-c3cn(C)cn3)cc2)c(C)c1. The van der Waals surface area contributed by atoms with Gasteiger partial charge in [0.05, 0.1) is 30.6 Å². The standard InChI is InChI=1S/C26H34N4O5S/c1-19-13-23(34-6)14-20(2)26(19)36(32,33)30(5)11-12-35-17-25(31)29(4)15-21-7-9-22(10-8-21)24-16-28(3)18-27-24/h7-10,13-14,16,18H,11-12,15,17H2,1-6H3. The molecule has 0 atom stereocenters. The van der Waals surface area contributed by atoms with Crippen LogP contribution in [0.4, 0.5) is 0 Å². The number of hydrogen-bond acceptors (Lipinski definition) is 6. The van der Waals surface area contributed by atoms with Gasteiger partial charge in [0.1, 0.15) is 12.4 Å². The van der Waals surface area contributed by atoms with Crippen LogP contribution in [0.3, 0.4) is 0 Å². The topological polar surface area (TPSA) is 94.0 Å². The molecule has 36 heavy (non-hydrogen) atoms. The summed E-state index contributed by atoms with van der Waals surface area (Å²) in [5.74, 6) is 0.429. The molecule has 0 saturated heterocycles. The normalized spacial score (nSPS) is 11.6. The smallest absolute Gasteiger partial charge is 0.248 e. The van der Waals surface area contributed by atoms with Crippen molar-refractivity contribution in [1.82, 2.24) is 18.8 Å². The van der Waals surface area contributed by atoms with Crippen LogP contribution in [0.1, 0.15) is 16.7 Å². The Labute approximate surface area is 213 Å². The van der Waals surface area contributed by atoms with Crippen LogP contribution >= 0.6 is 0 Å². The first-order valence-corrected chi connectivity index (χ1v) is 13.0. The molecule has 10 heteroatoms. The van der Waals surface area contributed by atoms with E-state index < -0.39 is 10.0 Å². The van der Waals surface area contributed by atoms with Gasteiger partial charge in [0.2, 0.25) is 15.9 Å². The van der Waals surface area contributed by atoms with Crippen molar-refractivity contribution in [2.45, 2.75) is 25.3 Å². The number of aryl methyl sites for hydroxylation is 3. The third kappa shape index (κ3) is 6.51. The molecule has 0 aliphatic carbocycles. The Morgan fingerprint density at radius 2 is 1.72 bits per heavy atom. The Kier molecular flexibility index (Phi) is 8.89. The second-order valence-electron chi connectivity index (χ2n) is 8.84. The molecule has 0 spiro atoms. The number of aromatic nitrogens is 2. The van der Waals surface area contributed by atoms with Crippen LogP contribution in [-0.2, 0) is 33.1 Å². The lowest BCUT2D eigenvalue weighted by atomic mass is 10.1. The van der Waals surface area contributed by atoms with Crippen molar-refractivity contribution in [2.24, 2.45) is 7.05 Å². The highest BCUT2D eigenvalue weighted by Gasteiger charge is 2.25. The third-order valence-electron chi connectivity index (χ3n) is 5.91. The lowest BCUT2D eigenvalue weighted by Crippen LogP contribution is -2.33. The summed E-state index contributed by atoms with van der Waals surface area (Å²) in [7, 11) is 2.98. The number of carbonyl (C=O) groups is 1. The third-order valence-corrected chi connectivity index (χ3v) is 8.08. The minimum atomic E-state index is -3.71. The molecule has 194 valence electrons. The van der Waals surface area contributed by atoms with Crippen LogP contribution in [0.15, 0.2) is 53.8 Å². The summed E-state index contributed by atoms with van der Waals surface area (Å²) in [5, 5.41) is 0. The molecular weight excluding hydrogens is 480 g/mol. The van der Waals surface area contributed by atoms with Gasteiger partial charge in [-0.2, -0.15) is 4.31 Å². The van der Waals surface area contributed by atoms with Crippen molar-refractivity contribution in [3.63, 3.8) is 0 Å². The molecule has 9 nitrogen and oxygen atoms in total. The van der Waals surface area contributed by atoms with Crippen LogP contribution in [0.5, 0.6) is 5.75 Å². The van der Waals surface area contributed by atoms with Crippen molar-refractivity contribution in [3.05, 3.63) is 65.6 Å². The first-order chi connectivity index (χ1) is 17.0. The van der Waals surface area contributed by atoms with E-state index in [1.54, 1.807) is 51.4 Å². The number of methoxy groups -OCH3 is 1. The number of hydrogen-bond donors (Lipinski definition) is 0. The van der Waals surface area contributed by atoms with Gasteiger partial charge in [0.15, 0.2) is 0 Å². The number of imidazole rings is 1. The fourth-order valence-electron chi connectivity index (χ4n) is 3.88. The van der Waals surface area contributed by atoms with Gasteiger partial charge in [-0.25, -0.2) is 13.4 Å². The van der Waals surface area contributed by atoms with Gasteiger partial charge in [-0.3, -0.25) is 4.79 Å². The lowest BCUT2D eigenvalue weighted by molar-refractivity contribution is -0.135. The second kappa shape index (κ2) is 11.7. The number of rotatable bonds is 11. The average molecular weight is 515 g/mol. The Morgan fingerprint density at radius 1 is 1.08 bits per heavy atom. The molecule has 0 radical (unpaired) electrons. The molecule has 1 heterocycles. The van der Waals surface area contributed by atoms with E-state index in [1.807, 2.05) is 42.1 Å². The van der Waals surface area contributed by atoms with Crippen LogP contribution < -0.4 is 4.74 Å². The zero-order valence-electron chi connectivity index (χ0n) is 21.7. The van der Waals surface area contributed by atoms with Gasteiger partial charge in [0, 0.05) is 46.0 Å². The average Bonchev–Trinajstić information content (AvgIpc) is 3.27. The molecule has 0 fully saturated rings. The van der Waals surface area contributed by atoms with Gasteiger partial charge in [-0.1, -0.05) is 24.3 Å². The predicted molar refractivity (Wildman–Crippen MR) is 138 cm³/mol. The fourth-order valence-corrected chi connectivity index (χ4v) is 5.44. The molecule has 0 saturated carbocycles. The number of amides is 1. The number of carbonyl (C=O) groups excluding carboxylic acids is 1. The van der Waals surface area contributed by atoms with E-state index in [1.165, 1.54) is 11.4 Å². The number of likely N-dealkylation sites (N-methyl/N-ethyl adjacent to an activating group) is 2. The molecule has 3 rings (SSSR count). The van der Waals surface area contributed by atoms with Crippen molar-refractivity contribution in [1.29, 1.82) is 0 Å². The summed E-state index contributed by atoms with van der Waals surface area (Å²) in [5.41, 5.74) is 4.12. The quantitative estimate of drug-likeness (QED) is 0.365. The zero-order chi connectivity index (χ0) is 26.5. The molecule has 0 aliphatic heterocycles. The summed E-state index contributed by atoms with van der Waals surface area (Å²) in [4.78, 5) is 18.7. The van der Waals surface area contributed by atoms with E-state index in [9.17, 15) is 13.2 Å². The van der Waals surface area contributed by atoms with E-state index in [0.717, 1.165) is 16.8 Å². The first kappa shape index (κ1) is 27.4. The maximum absolute atomic E-state index is 13.1. The molecule has 0 N–H and O–H groups in total. The minimum absolute atomic E-state index is 0.0995. The molecule has 0 unspecified atom stereocenters. The molecule has 0 aliphatic rings. The van der Waals surface area contributed by atoms with Crippen molar-refractivity contribution in [2.75, 3.05) is 41.0 Å². The van der Waals surface area contributed by atoms with Crippen molar-refractivity contribution in [3.8, 4) is 17.0 Å². The fraction of sp³-hybridized carbons (Fsp3) is 0.385. The first-order valence-electron chi connectivity index (χ1n) is 11.5. The van der Waals surface area contributed by atoms with E-state index in [-0.39, 0.29) is 30.6 Å². The zero-order valence-corrected chi connectivity index (χ0v) is 22.5. The van der Waals surface area contributed by atoms with Crippen LogP contribution in [0.25, 0.3) is 11.3 Å². The number of nitrogens with zero attached hydrogens (tertiary/aromatic N) is 4. The highest BCUT2D eigenvalue weighted by atomic mass is 32.2. The van der Waals surface area contributed by atoms with E-state index in [2.05, 4.69) is 4.98 Å². The second-order valence-corrected chi connectivity index (χ2v) is 10.8. The van der Waals surface area contributed by atoms with Gasteiger partial charge >= 0.3 is 0 Å². The highest BCUT2D eigenvalue weighted by Crippen LogP contribution is 2.27. The molecule has 2 aromatic carbocycles. The summed E-state index contributed by atoms with van der Waals surface area (Å²) >= 11 is 0. The number of ether oxygens (including phenoxy) is 2. The minimum Gasteiger partial charge on any atom is -0.497 e. The van der Waals surface area contributed by atoms with Gasteiger partial charge in [0.25, 0.3) is 0 Å². The number of sulfonamides is 1. The van der Waals surface area contributed by atoms with Crippen molar-refractivity contribution >= 4 is 15.9 Å². The predicted octanol–water partition coefficient (Wildman–Crippen LogP) is 3.01. The Hall–Kier alpha value is -3.21. The maximum atomic E-state index is 13.1. The Balaban J connectivity index is 1.48. The Bertz CT molecular complexity index is 1280. The largest absolute Gasteiger partial charge is 0.497 e. The van der Waals surface area contributed by atoms with E-state index in [0.29, 0.717) is 23.4 Å².